The van der Waals surface area contributed by atoms with E-state index < -0.39 is 0 Å². The maximum atomic E-state index is 3.71. The van der Waals surface area contributed by atoms with Gasteiger partial charge in [0.1, 0.15) is 0 Å². The highest BCUT2D eigenvalue weighted by atomic mass is 15.2. The average molecular weight is 224 g/mol. The third kappa shape index (κ3) is 2.78. The van der Waals surface area contributed by atoms with E-state index in [4.69, 9.17) is 0 Å². The van der Waals surface area contributed by atoms with Crippen LogP contribution in [-0.2, 0) is 0 Å². The van der Waals surface area contributed by atoms with Crippen LogP contribution in [0.3, 0.4) is 0 Å². The van der Waals surface area contributed by atoms with Crippen molar-refractivity contribution < 1.29 is 0 Å². The van der Waals surface area contributed by atoms with Crippen LogP contribution >= 0.6 is 0 Å². The van der Waals surface area contributed by atoms with Crippen molar-refractivity contribution >= 4 is 0 Å². The third-order valence-electron chi connectivity index (χ3n) is 4.75. The smallest absolute Gasteiger partial charge is 0.0277 e. The molecule has 2 atom stereocenters. The molecule has 1 aliphatic heterocycles. The first-order valence-electron chi connectivity index (χ1n) is 6.93. The monoisotopic (exact) mass is 224 g/mol. The van der Waals surface area contributed by atoms with Crippen molar-refractivity contribution in [2.24, 2.45) is 11.3 Å². The van der Waals surface area contributed by atoms with Crippen molar-refractivity contribution in [3.05, 3.63) is 0 Å². The zero-order chi connectivity index (χ0) is 11.8. The minimum Gasteiger partial charge on any atom is -0.310 e. The molecule has 2 fully saturated rings. The van der Waals surface area contributed by atoms with Crippen LogP contribution in [0.1, 0.15) is 47.0 Å². The van der Waals surface area contributed by atoms with Gasteiger partial charge < -0.3 is 10.2 Å². The Morgan fingerprint density at radius 3 is 2.56 bits per heavy atom. The van der Waals surface area contributed by atoms with Gasteiger partial charge in [0.25, 0.3) is 0 Å². The molecule has 2 rings (SSSR count). The maximum absolute atomic E-state index is 3.71. The highest BCUT2D eigenvalue weighted by Crippen LogP contribution is 2.51. The normalized spacial score (nSPS) is 39.4. The number of nitrogens with one attached hydrogen (secondary N) is 1. The molecule has 0 bridgehead atoms. The first-order valence-corrected chi connectivity index (χ1v) is 6.93. The second-order valence-corrected chi connectivity index (χ2v) is 6.82. The van der Waals surface area contributed by atoms with Crippen LogP contribution < -0.4 is 5.32 Å². The highest BCUT2D eigenvalue weighted by molar-refractivity contribution is 4.98. The average Bonchev–Trinajstić information content (AvgIpc) is 2.85. The standard InChI is InChI=1S/C14H28N2/c1-5-14(4)11-16(8-6-7-15-14)10-12-9-13(12,2)3/h12,15H,5-11H2,1-4H3. The summed E-state index contributed by atoms with van der Waals surface area (Å²) in [7, 11) is 0. The lowest BCUT2D eigenvalue weighted by Gasteiger charge is -2.33. The maximum Gasteiger partial charge on any atom is 0.0277 e. The van der Waals surface area contributed by atoms with Gasteiger partial charge in [-0.25, -0.2) is 0 Å². The van der Waals surface area contributed by atoms with E-state index in [0.717, 1.165) is 5.92 Å². The fraction of sp³-hybridized carbons (Fsp3) is 1.00. The minimum atomic E-state index is 0.343. The van der Waals surface area contributed by atoms with Crippen LogP contribution in [0.2, 0.25) is 0 Å². The zero-order valence-corrected chi connectivity index (χ0v) is 11.5. The SMILES string of the molecule is CCC1(C)CN(CC2CC2(C)C)CCCN1. The van der Waals surface area contributed by atoms with Crippen LogP contribution in [0.5, 0.6) is 0 Å². The molecule has 1 N–H and O–H groups in total. The molecular formula is C14H28N2. The van der Waals surface area contributed by atoms with Crippen LogP contribution in [0.15, 0.2) is 0 Å². The summed E-state index contributed by atoms with van der Waals surface area (Å²) < 4.78 is 0. The first kappa shape index (κ1) is 12.4. The summed E-state index contributed by atoms with van der Waals surface area (Å²) in [5, 5.41) is 3.71. The summed E-state index contributed by atoms with van der Waals surface area (Å²) in [4.78, 5) is 2.70. The summed E-state index contributed by atoms with van der Waals surface area (Å²) >= 11 is 0. The molecule has 1 saturated carbocycles. The van der Waals surface area contributed by atoms with Gasteiger partial charge in [0.2, 0.25) is 0 Å². The van der Waals surface area contributed by atoms with E-state index in [-0.39, 0.29) is 0 Å². The van der Waals surface area contributed by atoms with E-state index in [0.29, 0.717) is 11.0 Å². The zero-order valence-electron chi connectivity index (χ0n) is 11.5. The summed E-state index contributed by atoms with van der Waals surface area (Å²) in [6.45, 7) is 14.5. The Balaban J connectivity index is 1.89. The molecule has 0 aromatic heterocycles. The molecule has 2 heteroatoms. The quantitative estimate of drug-likeness (QED) is 0.792. The second kappa shape index (κ2) is 4.30. The molecule has 2 aliphatic rings. The number of hydrogen-bond donors (Lipinski definition) is 1. The fourth-order valence-corrected chi connectivity index (χ4v) is 2.91. The van der Waals surface area contributed by atoms with Gasteiger partial charge >= 0.3 is 0 Å². The third-order valence-corrected chi connectivity index (χ3v) is 4.75. The summed E-state index contributed by atoms with van der Waals surface area (Å²) in [5.41, 5.74) is 0.970. The molecule has 2 unspecified atom stereocenters. The van der Waals surface area contributed by atoms with Crippen molar-refractivity contribution in [2.45, 2.75) is 52.5 Å². The van der Waals surface area contributed by atoms with Gasteiger partial charge in [0.05, 0.1) is 0 Å². The van der Waals surface area contributed by atoms with Crippen LogP contribution in [0.25, 0.3) is 0 Å². The number of rotatable bonds is 3. The predicted octanol–water partition coefficient (Wildman–Crippen LogP) is 2.50. The van der Waals surface area contributed by atoms with E-state index in [1.165, 1.54) is 45.4 Å². The molecule has 0 aromatic carbocycles. The topological polar surface area (TPSA) is 15.3 Å². The van der Waals surface area contributed by atoms with Crippen molar-refractivity contribution in [3.63, 3.8) is 0 Å². The molecule has 16 heavy (non-hydrogen) atoms. The summed E-state index contributed by atoms with van der Waals surface area (Å²) in [6, 6.07) is 0. The minimum absolute atomic E-state index is 0.343. The van der Waals surface area contributed by atoms with Gasteiger partial charge in [-0.2, -0.15) is 0 Å². The Labute approximate surface area is 101 Å². The van der Waals surface area contributed by atoms with E-state index in [1.807, 2.05) is 0 Å². The summed E-state index contributed by atoms with van der Waals surface area (Å²) in [5.74, 6) is 0.951. The largest absolute Gasteiger partial charge is 0.310 e. The highest BCUT2D eigenvalue weighted by Gasteiger charge is 2.46. The van der Waals surface area contributed by atoms with Gasteiger partial charge in [0.15, 0.2) is 0 Å². The van der Waals surface area contributed by atoms with E-state index in [2.05, 4.69) is 37.9 Å². The molecule has 2 nitrogen and oxygen atoms in total. The molecule has 0 amide bonds. The van der Waals surface area contributed by atoms with Crippen LogP contribution in [0, 0.1) is 11.3 Å². The lowest BCUT2D eigenvalue weighted by molar-refractivity contribution is 0.201. The summed E-state index contributed by atoms with van der Waals surface area (Å²) in [6.07, 6.45) is 3.97. The second-order valence-electron chi connectivity index (χ2n) is 6.82. The van der Waals surface area contributed by atoms with Gasteiger partial charge in [-0.15, -0.1) is 0 Å². The van der Waals surface area contributed by atoms with Crippen LogP contribution in [0.4, 0.5) is 0 Å². The Kier molecular flexibility index (Phi) is 3.33. The molecular weight excluding hydrogens is 196 g/mol. The number of nitrogens with zero attached hydrogens (tertiary/aromatic N) is 1. The van der Waals surface area contributed by atoms with Gasteiger partial charge in [-0.3, -0.25) is 0 Å². The van der Waals surface area contributed by atoms with Gasteiger partial charge in [-0.1, -0.05) is 20.8 Å². The van der Waals surface area contributed by atoms with E-state index in [9.17, 15) is 0 Å². The molecule has 94 valence electrons. The Hall–Kier alpha value is -0.0800. The van der Waals surface area contributed by atoms with E-state index in [1.54, 1.807) is 0 Å². The molecule has 1 heterocycles. The molecule has 0 aromatic rings. The predicted molar refractivity (Wildman–Crippen MR) is 69.6 cm³/mol. The fourth-order valence-electron chi connectivity index (χ4n) is 2.91. The van der Waals surface area contributed by atoms with Gasteiger partial charge in [-0.05, 0) is 50.6 Å². The van der Waals surface area contributed by atoms with Crippen molar-refractivity contribution in [1.82, 2.24) is 10.2 Å². The number of hydrogen-bond acceptors (Lipinski definition) is 2. The first-order chi connectivity index (χ1) is 7.45. The Bertz CT molecular complexity index is 249. The van der Waals surface area contributed by atoms with Crippen molar-refractivity contribution in [3.8, 4) is 0 Å². The molecule has 1 saturated heterocycles. The lowest BCUT2D eigenvalue weighted by atomic mass is 9.98. The van der Waals surface area contributed by atoms with Gasteiger partial charge in [0, 0.05) is 18.6 Å². The van der Waals surface area contributed by atoms with Crippen LogP contribution in [-0.4, -0.2) is 36.6 Å². The molecule has 1 aliphatic carbocycles. The lowest BCUT2D eigenvalue weighted by Crippen LogP contribution is -2.48. The molecule has 0 radical (unpaired) electrons. The van der Waals surface area contributed by atoms with Crippen molar-refractivity contribution in [1.29, 1.82) is 0 Å². The van der Waals surface area contributed by atoms with E-state index >= 15 is 0 Å². The Morgan fingerprint density at radius 2 is 2.00 bits per heavy atom. The van der Waals surface area contributed by atoms with Crippen molar-refractivity contribution in [2.75, 3.05) is 26.2 Å². The molecule has 0 spiro atoms. The Morgan fingerprint density at radius 1 is 1.31 bits per heavy atom.